The van der Waals surface area contributed by atoms with Crippen LogP contribution in [0.25, 0.3) is 0 Å². The summed E-state index contributed by atoms with van der Waals surface area (Å²) in [4.78, 5) is 0. The summed E-state index contributed by atoms with van der Waals surface area (Å²) in [7, 11) is 0. The van der Waals surface area contributed by atoms with Crippen molar-refractivity contribution in [1.29, 1.82) is 0 Å². The predicted molar refractivity (Wildman–Crippen MR) is 66.7 cm³/mol. The fourth-order valence-corrected chi connectivity index (χ4v) is 1.31. The van der Waals surface area contributed by atoms with Crippen LogP contribution in [0.4, 0.5) is 0 Å². The Morgan fingerprint density at radius 2 is 1.50 bits per heavy atom. The van der Waals surface area contributed by atoms with Gasteiger partial charge in [-0.25, -0.2) is 0 Å². The Morgan fingerprint density at radius 3 is 1.62 bits per heavy atom. The van der Waals surface area contributed by atoms with Crippen LogP contribution < -0.4 is 0 Å². The van der Waals surface area contributed by atoms with Crippen molar-refractivity contribution in [2.75, 3.05) is 6.61 Å². The second-order valence-electron chi connectivity index (χ2n) is 4.29. The van der Waals surface area contributed by atoms with E-state index in [4.69, 9.17) is 10.2 Å². The minimum absolute atomic E-state index is 0. The number of aliphatic hydroxyl groups is 2. The van der Waals surface area contributed by atoms with Crippen molar-refractivity contribution in [3.63, 3.8) is 0 Å². The standard InChI is InChI=1S/C7H14.C3H7O2.C3H8.No/c1-7-5-3-2-4-6-7;1-3(5)2-4;1-3-2;/h7H,2-6H2,1H3;3-5H,1-2H2;3H2,1-2H3;/q;-1;;. The van der Waals surface area contributed by atoms with E-state index in [0.29, 0.717) is 0 Å². The topological polar surface area (TPSA) is 40.5 Å². The van der Waals surface area contributed by atoms with Crippen LogP contribution in [0.3, 0.4) is 0 Å². The average Bonchev–Trinajstić information content (AvgIpc) is 2.21. The molecule has 2 nitrogen and oxygen atoms in total. The number of aliphatic hydroxyl groups excluding tert-OH is 2. The summed E-state index contributed by atoms with van der Waals surface area (Å²) < 4.78 is 0. The van der Waals surface area contributed by atoms with Gasteiger partial charge in [-0.05, 0) is 12.0 Å². The zero-order chi connectivity index (χ0) is 12.1. The summed E-state index contributed by atoms with van der Waals surface area (Å²) in [5.41, 5.74) is 0. The first-order chi connectivity index (χ1) is 7.08. The van der Waals surface area contributed by atoms with E-state index in [1.165, 1.54) is 38.5 Å². The first kappa shape index (κ1) is 20.3. The second-order valence-corrected chi connectivity index (χ2v) is 4.29. The van der Waals surface area contributed by atoms with Crippen molar-refractivity contribution in [1.82, 2.24) is 0 Å². The minimum Gasteiger partial charge on any atom is -0.423 e. The summed E-state index contributed by atoms with van der Waals surface area (Å²) in [6.45, 7) is 9.42. The smallest absolute Gasteiger partial charge is 0.0408 e. The summed E-state index contributed by atoms with van der Waals surface area (Å²) in [5, 5.41) is 15.8. The maximum absolute atomic E-state index is 8.00. The fraction of sp³-hybridized carbons (Fsp3) is 0.923. The predicted octanol–water partition coefficient (Wildman–Crippen LogP) is 3.18. The SMILES string of the molecule is CC1CCCCC1.CCC.[CH2-]C(O)CO.[No]. The van der Waals surface area contributed by atoms with Crippen LogP contribution in [0.5, 0.6) is 0 Å². The summed E-state index contributed by atoms with van der Waals surface area (Å²) in [6, 6.07) is 0. The molecule has 0 aromatic carbocycles. The van der Waals surface area contributed by atoms with E-state index in [0.717, 1.165) is 5.92 Å². The molecule has 1 fully saturated rings. The largest absolute Gasteiger partial charge is 0.423 e. The third kappa shape index (κ3) is 23.1. The zero-order valence-electron chi connectivity index (χ0n) is 11.0. The normalized spacial score (nSPS) is 16.9. The molecule has 1 rings (SSSR count). The number of rotatable bonds is 1. The van der Waals surface area contributed by atoms with Crippen LogP contribution in [0.15, 0.2) is 0 Å². The third-order valence-electron chi connectivity index (χ3n) is 2.10. The first-order valence-corrected chi connectivity index (χ1v) is 6.20. The molecule has 1 unspecified atom stereocenters. The third-order valence-corrected chi connectivity index (χ3v) is 2.10. The molecule has 2 N–H and O–H groups in total. The molecule has 0 radical (unpaired) electrons. The number of hydrogen-bond donors (Lipinski definition) is 2. The molecular formula is C13H29NoO2-. The molecule has 0 aromatic heterocycles. The van der Waals surface area contributed by atoms with E-state index >= 15 is 0 Å². The molecule has 1 aliphatic rings. The van der Waals surface area contributed by atoms with Gasteiger partial charge in [0.1, 0.15) is 0 Å². The molecule has 0 saturated heterocycles. The molecule has 1 aliphatic carbocycles. The van der Waals surface area contributed by atoms with Gasteiger partial charge in [0.15, 0.2) is 0 Å². The molecule has 0 bridgehead atoms. The van der Waals surface area contributed by atoms with Gasteiger partial charge in [-0.3, -0.25) is 0 Å². The monoisotopic (exact) mass is 476 g/mol. The van der Waals surface area contributed by atoms with Crippen LogP contribution >= 0.6 is 0 Å². The molecule has 0 aromatic rings. The Morgan fingerprint density at radius 1 is 1.19 bits per heavy atom. The Balaban J connectivity index is -0.000000168. The van der Waals surface area contributed by atoms with Gasteiger partial charge in [0, 0.05) is 6.61 Å². The maximum Gasteiger partial charge on any atom is 0.0408 e. The molecular weight excluding hydrogens is 447 g/mol. The molecule has 108 valence electrons. The quantitative estimate of drug-likeness (QED) is 0.571. The van der Waals surface area contributed by atoms with Crippen LogP contribution in [0, 0.1) is 12.8 Å². The maximum atomic E-state index is 8.00. The van der Waals surface area contributed by atoms with Gasteiger partial charge >= 0.3 is 0 Å². The van der Waals surface area contributed by atoms with Crippen molar-refractivity contribution in [2.24, 2.45) is 5.92 Å². The van der Waals surface area contributed by atoms with Crippen molar-refractivity contribution in [3.05, 3.63) is 6.92 Å². The van der Waals surface area contributed by atoms with E-state index in [1.807, 2.05) is 0 Å². The van der Waals surface area contributed by atoms with E-state index in [2.05, 4.69) is 27.7 Å². The molecule has 0 aliphatic heterocycles. The summed E-state index contributed by atoms with van der Waals surface area (Å²) >= 11 is 0. The number of hydrogen-bond acceptors (Lipinski definition) is 2. The second kappa shape index (κ2) is 16.4. The minimum atomic E-state index is -0.810. The average molecular weight is 476 g/mol. The van der Waals surface area contributed by atoms with Crippen molar-refractivity contribution in [2.45, 2.75) is 65.4 Å². The Labute approximate surface area is 95.7 Å². The first-order valence-electron chi connectivity index (χ1n) is 6.20. The van der Waals surface area contributed by atoms with Gasteiger partial charge in [0.05, 0.1) is 0 Å². The van der Waals surface area contributed by atoms with E-state index in [9.17, 15) is 0 Å². The van der Waals surface area contributed by atoms with E-state index in [1.54, 1.807) is 0 Å². The van der Waals surface area contributed by atoms with Crippen molar-refractivity contribution >= 4 is 0 Å². The molecule has 16 heavy (non-hydrogen) atoms. The summed E-state index contributed by atoms with van der Waals surface area (Å²) in [6.07, 6.45) is 7.88. The molecule has 3 heteroatoms. The molecule has 0 heterocycles. The van der Waals surface area contributed by atoms with Gasteiger partial charge in [-0.2, -0.15) is 0 Å². The van der Waals surface area contributed by atoms with Gasteiger partial charge in [-0.15, -0.1) is 0 Å². The van der Waals surface area contributed by atoms with Gasteiger partial charge in [0.25, 0.3) is 0 Å². The van der Waals surface area contributed by atoms with Crippen molar-refractivity contribution < 1.29 is 10.2 Å². The zero-order valence-corrected chi connectivity index (χ0v) is 13.2. The van der Waals surface area contributed by atoms with E-state index in [-0.39, 0.29) is 6.61 Å². The summed E-state index contributed by atoms with van der Waals surface area (Å²) in [5.74, 6) is 1.04. The van der Waals surface area contributed by atoms with Gasteiger partial charge in [-0.1, -0.05) is 59.3 Å². The van der Waals surface area contributed by atoms with Crippen LogP contribution in [-0.2, 0) is 0 Å². The van der Waals surface area contributed by atoms with E-state index < -0.39 is 6.10 Å². The van der Waals surface area contributed by atoms with Crippen molar-refractivity contribution in [3.8, 4) is 0 Å². The Bertz CT molecular complexity index is 102. The fourth-order valence-electron chi connectivity index (χ4n) is 1.31. The molecule has 1 saturated carbocycles. The Hall–Kier alpha value is -1.08. The molecule has 0 amide bonds. The van der Waals surface area contributed by atoms with Crippen LogP contribution in [-0.4, -0.2) is 22.9 Å². The molecule has 1 atom stereocenters. The molecule has 0 spiro atoms. The van der Waals surface area contributed by atoms with Gasteiger partial charge < -0.3 is 17.1 Å². The van der Waals surface area contributed by atoms with Gasteiger partial charge in [0.2, 0.25) is 0 Å². The van der Waals surface area contributed by atoms with Crippen LogP contribution in [0.2, 0.25) is 0 Å². The Kier molecular flexibility index (Phi) is 20.8. The van der Waals surface area contributed by atoms with Crippen LogP contribution in [0.1, 0.15) is 59.3 Å².